The molecule has 1 rings (SSSR count). The molecule has 0 heterocycles. The standard InChI is InChI=1S/C11H19F4NO/c1-8(3-2-6-16-9-4-5-9)17-7-11(14,15)10(12)13/h8-10,16H,2-7H2,1H3. The fourth-order valence-electron chi connectivity index (χ4n) is 1.38. The molecule has 1 unspecified atom stereocenters. The second-order valence-corrected chi connectivity index (χ2v) is 4.55. The second-order valence-electron chi connectivity index (χ2n) is 4.55. The molecule has 6 heteroatoms. The molecule has 2 nitrogen and oxygen atoms in total. The van der Waals surface area contributed by atoms with Crippen molar-refractivity contribution in [3.63, 3.8) is 0 Å². The Morgan fingerprint density at radius 1 is 1.35 bits per heavy atom. The third kappa shape index (κ3) is 6.21. The van der Waals surface area contributed by atoms with Gasteiger partial charge in [-0.15, -0.1) is 0 Å². The van der Waals surface area contributed by atoms with E-state index >= 15 is 0 Å². The van der Waals surface area contributed by atoms with Gasteiger partial charge in [-0.05, 0) is 39.2 Å². The number of hydrogen-bond acceptors (Lipinski definition) is 2. The zero-order chi connectivity index (χ0) is 12.9. The van der Waals surface area contributed by atoms with Gasteiger partial charge in [-0.25, -0.2) is 8.78 Å². The van der Waals surface area contributed by atoms with Crippen LogP contribution in [0.1, 0.15) is 32.6 Å². The summed E-state index contributed by atoms with van der Waals surface area (Å²) in [7, 11) is 0. The lowest BCUT2D eigenvalue weighted by Crippen LogP contribution is -2.34. The van der Waals surface area contributed by atoms with Crippen molar-refractivity contribution in [2.45, 2.75) is 57.1 Å². The van der Waals surface area contributed by atoms with Gasteiger partial charge in [0.25, 0.3) is 0 Å². The maximum absolute atomic E-state index is 12.5. The molecule has 0 aromatic carbocycles. The molecule has 1 saturated carbocycles. The molecule has 102 valence electrons. The summed E-state index contributed by atoms with van der Waals surface area (Å²) < 4.78 is 53.4. The first-order valence-electron chi connectivity index (χ1n) is 5.93. The molecule has 17 heavy (non-hydrogen) atoms. The number of hydrogen-bond donors (Lipinski definition) is 1. The largest absolute Gasteiger partial charge is 0.372 e. The van der Waals surface area contributed by atoms with Crippen LogP contribution >= 0.6 is 0 Å². The van der Waals surface area contributed by atoms with Crippen LogP contribution in [0.2, 0.25) is 0 Å². The van der Waals surface area contributed by atoms with Crippen molar-refractivity contribution in [1.29, 1.82) is 0 Å². The molecule has 0 aromatic heterocycles. The second kappa shape index (κ2) is 6.54. The van der Waals surface area contributed by atoms with Crippen molar-refractivity contribution in [2.24, 2.45) is 0 Å². The Labute approximate surface area is 98.7 Å². The molecule has 0 radical (unpaired) electrons. The van der Waals surface area contributed by atoms with Crippen LogP contribution in [-0.4, -0.2) is 37.6 Å². The third-order valence-electron chi connectivity index (χ3n) is 2.68. The van der Waals surface area contributed by atoms with E-state index in [9.17, 15) is 17.6 Å². The first kappa shape index (κ1) is 14.7. The summed E-state index contributed by atoms with van der Waals surface area (Å²) in [5, 5.41) is 3.28. The van der Waals surface area contributed by atoms with Crippen LogP contribution in [-0.2, 0) is 4.74 Å². The van der Waals surface area contributed by atoms with Gasteiger partial charge >= 0.3 is 12.3 Å². The maximum atomic E-state index is 12.5. The molecular formula is C11H19F4NO. The van der Waals surface area contributed by atoms with Crippen LogP contribution in [0, 0.1) is 0 Å². The normalized spacial score (nSPS) is 18.7. The molecule has 0 aromatic rings. The van der Waals surface area contributed by atoms with Crippen LogP contribution in [0.25, 0.3) is 0 Å². The molecule has 1 aliphatic rings. The number of nitrogens with one attached hydrogen (secondary N) is 1. The smallest absolute Gasteiger partial charge is 0.330 e. The molecule has 1 N–H and O–H groups in total. The quantitative estimate of drug-likeness (QED) is 0.506. The van der Waals surface area contributed by atoms with Gasteiger partial charge in [-0.2, -0.15) is 8.78 Å². The Bertz CT molecular complexity index is 222. The summed E-state index contributed by atoms with van der Waals surface area (Å²) in [5.74, 6) is -4.04. The predicted octanol–water partition coefficient (Wildman–Crippen LogP) is 2.82. The van der Waals surface area contributed by atoms with Crippen LogP contribution in [0.4, 0.5) is 17.6 Å². The Morgan fingerprint density at radius 3 is 2.53 bits per heavy atom. The molecule has 1 aliphatic carbocycles. The van der Waals surface area contributed by atoms with E-state index in [1.807, 2.05) is 0 Å². The molecule has 0 saturated heterocycles. The predicted molar refractivity (Wildman–Crippen MR) is 56.6 cm³/mol. The van der Waals surface area contributed by atoms with Crippen LogP contribution in [0.15, 0.2) is 0 Å². The summed E-state index contributed by atoms with van der Waals surface area (Å²) in [5.41, 5.74) is 0. The van der Waals surface area contributed by atoms with Gasteiger partial charge in [-0.3, -0.25) is 0 Å². The maximum Gasteiger partial charge on any atom is 0.330 e. The van der Waals surface area contributed by atoms with Gasteiger partial charge in [-0.1, -0.05) is 0 Å². The van der Waals surface area contributed by atoms with Crippen LogP contribution in [0.5, 0.6) is 0 Å². The van der Waals surface area contributed by atoms with Gasteiger partial charge in [0.05, 0.1) is 6.10 Å². The lowest BCUT2D eigenvalue weighted by molar-refractivity contribution is -0.174. The van der Waals surface area contributed by atoms with Crippen molar-refractivity contribution in [2.75, 3.05) is 13.2 Å². The molecule has 1 atom stereocenters. The Kier molecular flexibility index (Phi) is 5.66. The van der Waals surface area contributed by atoms with E-state index in [1.54, 1.807) is 6.92 Å². The summed E-state index contributed by atoms with van der Waals surface area (Å²) in [6.07, 6.45) is -0.275. The van der Waals surface area contributed by atoms with E-state index in [2.05, 4.69) is 5.32 Å². The molecule has 0 aliphatic heterocycles. The highest BCUT2D eigenvalue weighted by Gasteiger charge is 2.41. The minimum atomic E-state index is -4.04. The van der Waals surface area contributed by atoms with Crippen LogP contribution in [0.3, 0.4) is 0 Å². The van der Waals surface area contributed by atoms with E-state index in [4.69, 9.17) is 4.74 Å². The monoisotopic (exact) mass is 257 g/mol. The topological polar surface area (TPSA) is 21.3 Å². The highest BCUT2D eigenvalue weighted by molar-refractivity contribution is 4.80. The highest BCUT2D eigenvalue weighted by Crippen LogP contribution is 2.24. The molecule has 1 fully saturated rings. The zero-order valence-corrected chi connectivity index (χ0v) is 9.89. The number of ether oxygens (including phenoxy) is 1. The Hall–Kier alpha value is -0.360. The fraction of sp³-hybridized carbons (Fsp3) is 1.00. The first-order chi connectivity index (χ1) is 7.92. The highest BCUT2D eigenvalue weighted by atomic mass is 19.3. The van der Waals surface area contributed by atoms with Gasteiger partial charge in [0.1, 0.15) is 6.61 Å². The zero-order valence-electron chi connectivity index (χ0n) is 9.89. The summed E-state index contributed by atoms with van der Waals surface area (Å²) in [6.45, 7) is 1.24. The van der Waals surface area contributed by atoms with E-state index in [0.717, 1.165) is 13.0 Å². The van der Waals surface area contributed by atoms with Crippen molar-refractivity contribution >= 4 is 0 Å². The lowest BCUT2D eigenvalue weighted by atomic mass is 10.2. The van der Waals surface area contributed by atoms with E-state index in [-0.39, 0.29) is 0 Å². The van der Waals surface area contributed by atoms with E-state index in [1.165, 1.54) is 12.8 Å². The Morgan fingerprint density at radius 2 is 2.00 bits per heavy atom. The SMILES string of the molecule is CC(CCCNC1CC1)OCC(F)(F)C(F)F. The average Bonchev–Trinajstić information content (AvgIpc) is 3.05. The fourth-order valence-corrected chi connectivity index (χ4v) is 1.38. The van der Waals surface area contributed by atoms with Crippen LogP contribution < -0.4 is 5.32 Å². The average molecular weight is 257 g/mol. The van der Waals surface area contributed by atoms with Crippen molar-refractivity contribution in [3.8, 4) is 0 Å². The lowest BCUT2D eigenvalue weighted by Gasteiger charge is -2.19. The van der Waals surface area contributed by atoms with Gasteiger partial charge in [0.15, 0.2) is 0 Å². The van der Waals surface area contributed by atoms with Gasteiger partial charge in [0.2, 0.25) is 0 Å². The van der Waals surface area contributed by atoms with E-state index in [0.29, 0.717) is 12.5 Å². The number of halogens is 4. The summed E-state index contributed by atoms with van der Waals surface area (Å²) in [4.78, 5) is 0. The molecule has 0 bridgehead atoms. The summed E-state index contributed by atoms with van der Waals surface area (Å²) >= 11 is 0. The van der Waals surface area contributed by atoms with Gasteiger partial charge < -0.3 is 10.1 Å². The van der Waals surface area contributed by atoms with Crippen molar-refractivity contribution in [3.05, 3.63) is 0 Å². The minimum absolute atomic E-state index is 0.416. The van der Waals surface area contributed by atoms with Gasteiger partial charge in [0, 0.05) is 6.04 Å². The molecule has 0 spiro atoms. The third-order valence-corrected chi connectivity index (χ3v) is 2.68. The molecule has 0 amide bonds. The van der Waals surface area contributed by atoms with E-state index < -0.39 is 25.1 Å². The Balaban J connectivity index is 2.01. The van der Waals surface area contributed by atoms with Crippen molar-refractivity contribution in [1.82, 2.24) is 5.32 Å². The molecular weight excluding hydrogens is 238 g/mol. The van der Waals surface area contributed by atoms with Crippen molar-refractivity contribution < 1.29 is 22.3 Å². The number of alkyl halides is 4. The first-order valence-corrected chi connectivity index (χ1v) is 5.93. The minimum Gasteiger partial charge on any atom is -0.372 e. The summed E-state index contributed by atoms with van der Waals surface area (Å²) in [6, 6.07) is 0.620. The number of rotatable bonds is 9.